The number of carbonyl (C=O) groups is 2. The van der Waals surface area contributed by atoms with Crippen molar-refractivity contribution in [2.45, 2.75) is 26.2 Å². The van der Waals surface area contributed by atoms with Gasteiger partial charge in [-0.2, -0.15) is 0 Å². The number of hydrogen-bond acceptors (Lipinski definition) is 3. The molecule has 0 saturated carbocycles. The van der Waals surface area contributed by atoms with Crippen molar-refractivity contribution in [2.24, 2.45) is 5.92 Å². The van der Waals surface area contributed by atoms with Crippen molar-refractivity contribution in [1.29, 1.82) is 0 Å². The van der Waals surface area contributed by atoms with Gasteiger partial charge in [0.05, 0.1) is 0 Å². The van der Waals surface area contributed by atoms with Gasteiger partial charge in [0.1, 0.15) is 5.78 Å². The molecule has 1 heterocycles. The summed E-state index contributed by atoms with van der Waals surface area (Å²) in [5.74, 6) is 0.252. The highest BCUT2D eigenvalue weighted by Crippen LogP contribution is 2.14. The highest BCUT2D eigenvalue weighted by molar-refractivity contribution is 5.80. The van der Waals surface area contributed by atoms with E-state index in [0.717, 1.165) is 12.8 Å². The minimum atomic E-state index is 0.0644. The Morgan fingerprint density at radius 2 is 2.00 bits per heavy atom. The molecule has 14 heavy (non-hydrogen) atoms. The number of hydrogen-bond donors (Lipinski definition) is 1. The van der Waals surface area contributed by atoms with Crippen LogP contribution in [0.15, 0.2) is 0 Å². The first-order valence-corrected chi connectivity index (χ1v) is 5.05. The highest BCUT2D eigenvalue weighted by atomic mass is 16.5. The standard InChI is InChI=1S/C10H17NO3/c1-8(12)2-5-11-10(13)9-3-6-14-7-4-9/h9H,2-7H2,1H3,(H,11,13). The van der Waals surface area contributed by atoms with E-state index in [1.165, 1.54) is 6.92 Å². The van der Waals surface area contributed by atoms with Crippen LogP contribution in [0.3, 0.4) is 0 Å². The van der Waals surface area contributed by atoms with Gasteiger partial charge in [-0.25, -0.2) is 0 Å². The minimum absolute atomic E-state index is 0.0644. The van der Waals surface area contributed by atoms with Crippen LogP contribution in [0.2, 0.25) is 0 Å². The third kappa shape index (κ3) is 3.87. The summed E-state index contributed by atoms with van der Waals surface area (Å²) in [6, 6.07) is 0. The molecule has 0 aliphatic carbocycles. The lowest BCUT2D eigenvalue weighted by molar-refractivity contribution is -0.127. The van der Waals surface area contributed by atoms with Crippen molar-refractivity contribution in [3.8, 4) is 0 Å². The van der Waals surface area contributed by atoms with E-state index in [-0.39, 0.29) is 17.6 Å². The molecule has 0 aromatic rings. The van der Waals surface area contributed by atoms with Gasteiger partial charge in [0.25, 0.3) is 0 Å². The Morgan fingerprint density at radius 1 is 1.36 bits per heavy atom. The Hall–Kier alpha value is -0.900. The zero-order valence-corrected chi connectivity index (χ0v) is 8.54. The molecule has 4 nitrogen and oxygen atoms in total. The normalized spacial score (nSPS) is 17.8. The van der Waals surface area contributed by atoms with Gasteiger partial charge in [-0.3, -0.25) is 9.59 Å². The highest BCUT2D eigenvalue weighted by Gasteiger charge is 2.20. The summed E-state index contributed by atoms with van der Waals surface area (Å²) in [5, 5.41) is 2.77. The predicted molar refractivity (Wildman–Crippen MR) is 51.9 cm³/mol. The SMILES string of the molecule is CC(=O)CCNC(=O)C1CCOCC1. The van der Waals surface area contributed by atoms with E-state index in [9.17, 15) is 9.59 Å². The summed E-state index contributed by atoms with van der Waals surface area (Å²) >= 11 is 0. The Kier molecular flexibility index (Phi) is 4.59. The number of Topliss-reactive ketones (excluding diaryl/α,β-unsaturated/α-hetero) is 1. The first-order chi connectivity index (χ1) is 6.70. The maximum atomic E-state index is 11.5. The lowest BCUT2D eigenvalue weighted by Gasteiger charge is -2.20. The molecule has 1 fully saturated rings. The van der Waals surface area contributed by atoms with E-state index >= 15 is 0 Å². The molecule has 0 aromatic heterocycles. The van der Waals surface area contributed by atoms with Crippen molar-refractivity contribution in [3.05, 3.63) is 0 Å². The lowest BCUT2D eigenvalue weighted by atomic mass is 9.99. The van der Waals surface area contributed by atoms with E-state index in [0.29, 0.717) is 26.2 Å². The molecule has 1 amide bonds. The summed E-state index contributed by atoms with van der Waals surface area (Å²) in [6.07, 6.45) is 2.02. The van der Waals surface area contributed by atoms with Crippen molar-refractivity contribution >= 4 is 11.7 Å². The van der Waals surface area contributed by atoms with E-state index in [2.05, 4.69) is 5.32 Å². The molecule has 0 spiro atoms. The zero-order valence-electron chi connectivity index (χ0n) is 8.54. The van der Waals surface area contributed by atoms with Crippen LogP contribution in [0.4, 0.5) is 0 Å². The maximum Gasteiger partial charge on any atom is 0.223 e. The summed E-state index contributed by atoms with van der Waals surface area (Å²) < 4.78 is 5.16. The molecule has 0 bridgehead atoms. The van der Waals surface area contributed by atoms with Gasteiger partial charge in [-0.15, -0.1) is 0 Å². The molecule has 0 radical (unpaired) electrons. The van der Waals surface area contributed by atoms with Gasteiger partial charge in [-0.1, -0.05) is 0 Å². The van der Waals surface area contributed by atoms with Crippen LogP contribution >= 0.6 is 0 Å². The summed E-state index contributed by atoms with van der Waals surface area (Å²) in [5.41, 5.74) is 0. The fraction of sp³-hybridized carbons (Fsp3) is 0.800. The zero-order chi connectivity index (χ0) is 10.4. The Morgan fingerprint density at radius 3 is 2.57 bits per heavy atom. The van der Waals surface area contributed by atoms with Crippen molar-refractivity contribution in [3.63, 3.8) is 0 Å². The first-order valence-electron chi connectivity index (χ1n) is 5.05. The number of ketones is 1. The third-order valence-corrected chi connectivity index (χ3v) is 2.37. The van der Waals surface area contributed by atoms with Crippen molar-refractivity contribution < 1.29 is 14.3 Å². The van der Waals surface area contributed by atoms with E-state index < -0.39 is 0 Å². The topological polar surface area (TPSA) is 55.4 Å². The number of carbonyl (C=O) groups excluding carboxylic acids is 2. The first kappa shape index (κ1) is 11.2. The van der Waals surface area contributed by atoms with Crippen molar-refractivity contribution in [2.75, 3.05) is 19.8 Å². The molecule has 0 unspecified atom stereocenters. The maximum absolute atomic E-state index is 11.5. The third-order valence-electron chi connectivity index (χ3n) is 2.37. The average Bonchev–Trinajstić information content (AvgIpc) is 2.18. The van der Waals surface area contributed by atoms with Crippen LogP contribution in [-0.2, 0) is 14.3 Å². The van der Waals surface area contributed by atoms with E-state index in [1.807, 2.05) is 0 Å². The molecule has 1 N–H and O–H groups in total. The van der Waals surface area contributed by atoms with Crippen LogP contribution in [0.5, 0.6) is 0 Å². The van der Waals surface area contributed by atoms with Gasteiger partial charge < -0.3 is 10.1 Å². The minimum Gasteiger partial charge on any atom is -0.381 e. The monoisotopic (exact) mass is 199 g/mol. The largest absolute Gasteiger partial charge is 0.381 e. The van der Waals surface area contributed by atoms with Gasteiger partial charge in [0.2, 0.25) is 5.91 Å². The summed E-state index contributed by atoms with van der Waals surface area (Å²) in [6.45, 7) is 3.34. The van der Waals surface area contributed by atoms with Crippen LogP contribution in [0.25, 0.3) is 0 Å². The van der Waals surface area contributed by atoms with Crippen LogP contribution in [0.1, 0.15) is 26.2 Å². The van der Waals surface area contributed by atoms with Crippen molar-refractivity contribution in [1.82, 2.24) is 5.32 Å². The second-order valence-electron chi connectivity index (χ2n) is 3.63. The van der Waals surface area contributed by atoms with E-state index in [4.69, 9.17) is 4.74 Å². The molecule has 1 aliphatic rings. The van der Waals surface area contributed by atoms with Gasteiger partial charge in [0.15, 0.2) is 0 Å². The fourth-order valence-electron chi connectivity index (χ4n) is 1.47. The second-order valence-corrected chi connectivity index (χ2v) is 3.63. The Balaban J connectivity index is 2.16. The van der Waals surface area contributed by atoms with Crippen LogP contribution < -0.4 is 5.32 Å². The molecule has 1 rings (SSSR count). The fourth-order valence-corrected chi connectivity index (χ4v) is 1.47. The number of nitrogens with one attached hydrogen (secondary N) is 1. The molecule has 80 valence electrons. The summed E-state index contributed by atoms with van der Waals surface area (Å²) in [4.78, 5) is 22.1. The van der Waals surface area contributed by atoms with Crippen LogP contribution in [-0.4, -0.2) is 31.4 Å². The number of rotatable bonds is 4. The summed E-state index contributed by atoms with van der Waals surface area (Å²) in [7, 11) is 0. The Labute approximate surface area is 84.0 Å². The number of ether oxygens (including phenoxy) is 1. The molecule has 0 aromatic carbocycles. The number of amides is 1. The molecule has 1 saturated heterocycles. The second kappa shape index (κ2) is 5.75. The molecule has 4 heteroatoms. The average molecular weight is 199 g/mol. The van der Waals surface area contributed by atoms with Gasteiger partial charge in [-0.05, 0) is 19.8 Å². The van der Waals surface area contributed by atoms with E-state index in [1.54, 1.807) is 0 Å². The molecular weight excluding hydrogens is 182 g/mol. The quantitative estimate of drug-likeness (QED) is 0.717. The smallest absolute Gasteiger partial charge is 0.223 e. The lowest BCUT2D eigenvalue weighted by Crippen LogP contribution is -2.35. The van der Waals surface area contributed by atoms with Crippen LogP contribution in [0, 0.1) is 5.92 Å². The molecule has 0 atom stereocenters. The predicted octanol–water partition coefficient (Wildman–Crippen LogP) is 0.508. The molecular formula is C10H17NO3. The van der Waals surface area contributed by atoms with Gasteiger partial charge in [0, 0.05) is 32.1 Å². The molecule has 1 aliphatic heterocycles. The Bertz CT molecular complexity index is 209. The van der Waals surface area contributed by atoms with Gasteiger partial charge >= 0.3 is 0 Å².